The lowest BCUT2D eigenvalue weighted by Crippen LogP contribution is -2.25. The molecule has 0 amide bonds. The normalized spacial score (nSPS) is 12.2. The molecular weight excluding hydrogens is 308 g/mol. The van der Waals surface area contributed by atoms with Crippen LogP contribution in [0.15, 0.2) is 54.6 Å². The first-order chi connectivity index (χ1) is 12.1. The van der Waals surface area contributed by atoms with Crippen LogP contribution < -0.4 is 0 Å². The van der Waals surface area contributed by atoms with Gasteiger partial charge in [0.25, 0.3) is 0 Å². The molecule has 134 valence electrons. The van der Waals surface area contributed by atoms with E-state index in [1.165, 1.54) is 5.56 Å². The molecule has 0 spiro atoms. The number of benzene rings is 2. The van der Waals surface area contributed by atoms with Crippen LogP contribution in [-0.4, -0.2) is 12.1 Å². The Hall–Kier alpha value is -2.09. The van der Waals surface area contributed by atoms with E-state index in [2.05, 4.69) is 45.0 Å². The Morgan fingerprint density at radius 3 is 2.32 bits per heavy atom. The summed E-state index contributed by atoms with van der Waals surface area (Å²) in [4.78, 5) is 12.7. The maximum atomic E-state index is 12.7. The highest BCUT2D eigenvalue weighted by Gasteiger charge is 2.21. The van der Waals surface area contributed by atoms with Gasteiger partial charge in [-0.05, 0) is 48.8 Å². The zero-order valence-electron chi connectivity index (χ0n) is 15.7. The van der Waals surface area contributed by atoms with E-state index in [1.807, 2.05) is 30.3 Å². The molecule has 2 nitrogen and oxygen atoms in total. The lowest BCUT2D eigenvalue weighted by atomic mass is 9.98. The van der Waals surface area contributed by atoms with Crippen LogP contribution in [0.25, 0.3) is 0 Å². The van der Waals surface area contributed by atoms with Gasteiger partial charge in [-0.2, -0.15) is 0 Å². The van der Waals surface area contributed by atoms with Gasteiger partial charge in [-0.1, -0.05) is 75.7 Å². The quantitative estimate of drug-likeness (QED) is 0.537. The van der Waals surface area contributed by atoms with E-state index in [4.69, 9.17) is 4.74 Å². The molecular formula is C23H30O2. The molecule has 0 aliphatic rings. The fraction of sp³-hybridized carbons (Fsp3) is 0.435. The third kappa shape index (κ3) is 6.04. The van der Waals surface area contributed by atoms with Crippen LogP contribution in [-0.2, 0) is 17.6 Å². The second-order valence-corrected chi connectivity index (χ2v) is 6.97. The molecule has 0 aliphatic carbocycles. The summed E-state index contributed by atoms with van der Waals surface area (Å²) < 4.78 is 5.90. The molecule has 1 unspecified atom stereocenters. The Kier molecular flexibility index (Phi) is 7.72. The van der Waals surface area contributed by atoms with Crippen molar-refractivity contribution in [2.24, 2.45) is 5.92 Å². The molecule has 0 heterocycles. The van der Waals surface area contributed by atoms with Gasteiger partial charge in [0.05, 0.1) is 5.56 Å². The van der Waals surface area contributed by atoms with E-state index in [0.717, 1.165) is 43.2 Å². The number of hydrogen-bond acceptors (Lipinski definition) is 2. The predicted molar refractivity (Wildman–Crippen MR) is 104 cm³/mol. The molecule has 0 saturated heterocycles. The van der Waals surface area contributed by atoms with Crippen molar-refractivity contribution in [3.05, 3.63) is 71.3 Å². The SMILES string of the molecule is CCCCc1ccccc1C(=O)OC(CCc1ccccc1)C(C)C. The van der Waals surface area contributed by atoms with E-state index in [1.54, 1.807) is 0 Å². The molecule has 0 aliphatic heterocycles. The van der Waals surface area contributed by atoms with Crippen LogP contribution in [0.3, 0.4) is 0 Å². The van der Waals surface area contributed by atoms with Crippen molar-refractivity contribution in [2.45, 2.75) is 59.0 Å². The van der Waals surface area contributed by atoms with Crippen LogP contribution in [0.2, 0.25) is 0 Å². The molecule has 2 aromatic carbocycles. The van der Waals surface area contributed by atoms with Crippen molar-refractivity contribution in [2.75, 3.05) is 0 Å². The lowest BCUT2D eigenvalue weighted by Gasteiger charge is -2.22. The second kappa shape index (κ2) is 10.0. The van der Waals surface area contributed by atoms with Crippen LogP contribution >= 0.6 is 0 Å². The van der Waals surface area contributed by atoms with E-state index in [0.29, 0.717) is 5.92 Å². The van der Waals surface area contributed by atoms with Crippen LogP contribution in [0.5, 0.6) is 0 Å². The summed E-state index contributed by atoms with van der Waals surface area (Å²) >= 11 is 0. The first-order valence-corrected chi connectivity index (χ1v) is 9.44. The largest absolute Gasteiger partial charge is 0.458 e. The highest BCUT2D eigenvalue weighted by molar-refractivity contribution is 5.91. The Morgan fingerprint density at radius 1 is 0.960 bits per heavy atom. The number of rotatable bonds is 9. The highest BCUT2D eigenvalue weighted by Crippen LogP contribution is 2.19. The lowest BCUT2D eigenvalue weighted by molar-refractivity contribution is 0.0158. The van der Waals surface area contributed by atoms with Crippen LogP contribution in [0.1, 0.15) is 61.5 Å². The minimum absolute atomic E-state index is 0.0630. The third-order valence-electron chi connectivity index (χ3n) is 4.60. The van der Waals surface area contributed by atoms with Gasteiger partial charge in [-0.3, -0.25) is 0 Å². The molecule has 0 radical (unpaired) electrons. The summed E-state index contributed by atoms with van der Waals surface area (Å²) in [6.45, 7) is 6.40. The van der Waals surface area contributed by atoms with Crippen molar-refractivity contribution in [1.82, 2.24) is 0 Å². The van der Waals surface area contributed by atoms with Gasteiger partial charge < -0.3 is 4.74 Å². The van der Waals surface area contributed by atoms with E-state index >= 15 is 0 Å². The van der Waals surface area contributed by atoms with Crippen molar-refractivity contribution >= 4 is 5.97 Å². The number of esters is 1. The van der Waals surface area contributed by atoms with Crippen molar-refractivity contribution in [3.8, 4) is 0 Å². The van der Waals surface area contributed by atoms with E-state index in [-0.39, 0.29) is 12.1 Å². The van der Waals surface area contributed by atoms with Gasteiger partial charge in [0.15, 0.2) is 0 Å². The molecule has 0 fully saturated rings. The maximum Gasteiger partial charge on any atom is 0.338 e. The van der Waals surface area contributed by atoms with Gasteiger partial charge in [0, 0.05) is 0 Å². The number of ether oxygens (including phenoxy) is 1. The maximum absolute atomic E-state index is 12.7. The summed E-state index contributed by atoms with van der Waals surface area (Å²) in [5, 5.41) is 0. The second-order valence-electron chi connectivity index (χ2n) is 6.97. The zero-order valence-corrected chi connectivity index (χ0v) is 15.7. The molecule has 0 bridgehead atoms. The molecule has 0 N–H and O–H groups in total. The Bertz CT molecular complexity index is 646. The Balaban J connectivity index is 2.02. The summed E-state index contributed by atoms with van der Waals surface area (Å²) in [6, 6.07) is 18.2. The van der Waals surface area contributed by atoms with E-state index in [9.17, 15) is 4.79 Å². The van der Waals surface area contributed by atoms with Crippen molar-refractivity contribution < 1.29 is 9.53 Å². The number of carbonyl (C=O) groups excluding carboxylic acids is 1. The molecule has 25 heavy (non-hydrogen) atoms. The van der Waals surface area contributed by atoms with Crippen molar-refractivity contribution in [1.29, 1.82) is 0 Å². The van der Waals surface area contributed by atoms with E-state index < -0.39 is 0 Å². The average molecular weight is 338 g/mol. The summed E-state index contributed by atoms with van der Waals surface area (Å²) in [7, 11) is 0. The summed E-state index contributed by atoms with van der Waals surface area (Å²) in [6.07, 6.45) is 4.85. The van der Waals surface area contributed by atoms with Gasteiger partial charge in [-0.25, -0.2) is 4.79 Å². The topological polar surface area (TPSA) is 26.3 Å². The molecule has 0 aromatic heterocycles. The first kappa shape index (κ1) is 19.2. The summed E-state index contributed by atoms with van der Waals surface area (Å²) in [5.41, 5.74) is 3.11. The molecule has 2 aromatic rings. The van der Waals surface area contributed by atoms with Crippen LogP contribution in [0, 0.1) is 5.92 Å². The first-order valence-electron chi connectivity index (χ1n) is 9.44. The fourth-order valence-electron chi connectivity index (χ4n) is 2.99. The fourth-order valence-corrected chi connectivity index (χ4v) is 2.99. The smallest absolute Gasteiger partial charge is 0.338 e. The average Bonchev–Trinajstić information content (AvgIpc) is 2.64. The van der Waals surface area contributed by atoms with Gasteiger partial charge in [0.2, 0.25) is 0 Å². The standard InChI is InChI=1S/C23H30O2/c1-4-5-13-20-14-9-10-15-21(20)23(24)25-22(18(2)3)17-16-19-11-7-6-8-12-19/h6-12,14-15,18,22H,4-5,13,16-17H2,1-3H3. The van der Waals surface area contributed by atoms with Gasteiger partial charge in [0.1, 0.15) is 6.10 Å². The summed E-state index contributed by atoms with van der Waals surface area (Å²) in [5.74, 6) is 0.119. The zero-order chi connectivity index (χ0) is 18.1. The molecule has 2 heteroatoms. The van der Waals surface area contributed by atoms with Crippen LogP contribution in [0.4, 0.5) is 0 Å². The van der Waals surface area contributed by atoms with Gasteiger partial charge >= 0.3 is 5.97 Å². The minimum atomic E-state index is -0.182. The Labute approximate surface area is 152 Å². The third-order valence-corrected chi connectivity index (χ3v) is 4.60. The van der Waals surface area contributed by atoms with Crippen molar-refractivity contribution in [3.63, 3.8) is 0 Å². The van der Waals surface area contributed by atoms with Gasteiger partial charge in [-0.15, -0.1) is 0 Å². The monoisotopic (exact) mass is 338 g/mol. The number of carbonyl (C=O) groups is 1. The molecule has 2 rings (SSSR count). The number of aryl methyl sites for hydroxylation is 2. The Morgan fingerprint density at radius 2 is 1.64 bits per heavy atom. The highest BCUT2D eigenvalue weighted by atomic mass is 16.5. The minimum Gasteiger partial charge on any atom is -0.458 e. The molecule has 0 saturated carbocycles. The molecule has 1 atom stereocenters. The number of unbranched alkanes of at least 4 members (excludes halogenated alkanes) is 1. The number of hydrogen-bond donors (Lipinski definition) is 0. The predicted octanol–water partition coefficient (Wildman–Crippen LogP) is 5.84.